The molecular formula is C9H14N2. The first-order chi connectivity index (χ1) is 5.38. The second-order valence-electron chi connectivity index (χ2n) is 2.99. The number of nitrogens with zero attached hydrogens (tertiary/aromatic N) is 1. The zero-order chi connectivity index (χ0) is 8.10. The Kier molecular flexibility index (Phi) is 3.13. The van der Waals surface area contributed by atoms with Crippen LogP contribution in [-0.2, 0) is 0 Å². The lowest BCUT2D eigenvalue weighted by Crippen LogP contribution is -2.38. The Balaban J connectivity index is 2.25. The van der Waals surface area contributed by atoms with E-state index in [1.165, 1.54) is 19.3 Å². The van der Waals surface area contributed by atoms with Gasteiger partial charge in [-0.25, -0.2) is 0 Å². The van der Waals surface area contributed by atoms with Crippen molar-refractivity contribution in [2.24, 2.45) is 5.92 Å². The maximum atomic E-state index is 8.74. The van der Waals surface area contributed by atoms with E-state index < -0.39 is 0 Å². The Bertz CT molecular complexity index is 165. The van der Waals surface area contributed by atoms with Crippen LogP contribution in [0.25, 0.3) is 0 Å². The predicted molar refractivity (Wildman–Crippen MR) is 44.9 cm³/mol. The molecule has 0 aliphatic heterocycles. The summed E-state index contributed by atoms with van der Waals surface area (Å²) in [7, 11) is 0. The van der Waals surface area contributed by atoms with E-state index in [4.69, 9.17) is 5.26 Å². The van der Waals surface area contributed by atoms with Gasteiger partial charge >= 0.3 is 0 Å². The monoisotopic (exact) mass is 150 g/mol. The van der Waals surface area contributed by atoms with Crippen LogP contribution in [0.15, 0.2) is 12.7 Å². The summed E-state index contributed by atoms with van der Waals surface area (Å²) >= 11 is 0. The minimum absolute atomic E-state index is 0.0572. The van der Waals surface area contributed by atoms with Gasteiger partial charge in [-0.1, -0.05) is 12.5 Å². The summed E-state index contributed by atoms with van der Waals surface area (Å²) in [6.45, 7) is 4.34. The molecule has 0 amide bonds. The van der Waals surface area contributed by atoms with E-state index in [-0.39, 0.29) is 6.04 Å². The molecule has 0 bridgehead atoms. The summed E-state index contributed by atoms with van der Waals surface area (Å²) < 4.78 is 0. The van der Waals surface area contributed by atoms with Gasteiger partial charge in [0.05, 0.1) is 12.1 Å². The Labute approximate surface area is 67.9 Å². The van der Waals surface area contributed by atoms with Crippen LogP contribution in [0.5, 0.6) is 0 Å². The summed E-state index contributed by atoms with van der Waals surface area (Å²) in [4.78, 5) is 0. The number of nitrogens with one attached hydrogen (secondary N) is 1. The van der Waals surface area contributed by atoms with Crippen molar-refractivity contribution < 1.29 is 0 Å². The molecule has 0 spiro atoms. The molecule has 11 heavy (non-hydrogen) atoms. The molecule has 0 aromatic rings. The van der Waals surface area contributed by atoms with E-state index in [9.17, 15) is 0 Å². The van der Waals surface area contributed by atoms with E-state index in [2.05, 4.69) is 18.0 Å². The molecule has 0 saturated heterocycles. The smallest absolute Gasteiger partial charge is 0.0983 e. The predicted octanol–water partition coefficient (Wildman–Crippen LogP) is 1.45. The number of hydrogen-bond acceptors (Lipinski definition) is 2. The molecular weight excluding hydrogens is 136 g/mol. The SMILES string of the molecule is C=CCNC(C#N)C1CCC1. The number of nitriles is 1. The topological polar surface area (TPSA) is 35.8 Å². The quantitative estimate of drug-likeness (QED) is 0.616. The van der Waals surface area contributed by atoms with Gasteiger partial charge in [-0.15, -0.1) is 6.58 Å². The largest absolute Gasteiger partial charge is 0.298 e. The lowest BCUT2D eigenvalue weighted by Gasteiger charge is -2.29. The van der Waals surface area contributed by atoms with Gasteiger partial charge in [-0.2, -0.15) is 5.26 Å². The van der Waals surface area contributed by atoms with Crippen molar-refractivity contribution in [1.82, 2.24) is 5.32 Å². The summed E-state index contributed by atoms with van der Waals surface area (Å²) in [5.41, 5.74) is 0. The Morgan fingerprint density at radius 1 is 1.73 bits per heavy atom. The van der Waals surface area contributed by atoms with Crippen molar-refractivity contribution in [3.63, 3.8) is 0 Å². The van der Waals surface area contributed by atoms with Gasteiger partial charge in [0.25, 0.3) is 0 Å². The van der Waals surface area contributed by atoms with Crippen LogP contribution in [0.3, 0.4) is 0 Å². The molecule has 1 N–H and O–H groups in total. The Morgan fingerprint density at radius 2 is 2.45 bits per heavy atom. The molecule has 0 aromatic carbocycles. The fraction of sp³-hybridized carbons (Fsp3) is 0.667. The molecule has 60 valence electrons. The second-order valence-corrected chi connectivity index (χ2v) is 2.99. The third-order valence-corrected chi connectivity index (χ3v) is 2.24. The van der Waals surface area contributed by atoms with Crippen LogP contribution >= 0.6 is 0 Å². The zero-order valence-electron chi connectivity index (χ0n) is 6.71. The molecule has 2 heteroatoms. The third kappa shape index (κ3) is 2.06. The van der Waals surface area contributed by atoms with Crippen LogP contribution in [0.1, 0.15) is 19.3 Å². The molecule has 0 aromatic heterocycles. The first-order valence-corrected chi connectivity index (χ1v) is 4.12. The fourth-order valence-corrected chi connectivity index (χ4v) is 1.30. The summed E-state index contributed by atoms with van der Waals surface area (Å²) in [5.74, 6) is 0.597. The minimum Gasteiger partial charge on any atom is -0.298 e. The molecule has 1 atom stereocenters. The molecule has 0 heterocycles. The average Bonchev–Trinajstić information content (AvgIpc) is 1.93. The third-order valence-electron chi connectivity index (χ3n) is 2.24. The minimum atomic E-state index is 0.0572. The van der Waals surface area contributed by atoms with Crippen LogP contribution < -0.4 is 5.32 Å². The fourth-order valence-electron chi connectivity index (χ4n) is 1.30. The zero-order valence-corrected chi connectivity index (χ0v) is 6.71. The standard InChI is InChI=1S/C9H14N2/c1-2-6-11-9(7-10)8-4-3-5-8/h2,8-9,11H,1,3-6H2. The van der Waals surface area contributed by atoms with Crippen molar-refractivity contribution in [2.75, 3.05) is 6.54 Å². The van der Waals surface area contributed by atoms with Crippen LogP contribution in [0.4, 0.5) is 0 Å². The second kappa shape index (κ2) is 4.15. The van der Waals surface area contributed by atoms with Gasteiger partial charge < -0.3 is 0 Å². The maximum Gasteiger partial charge on any atom is 0.0983 e. The van der Waals surface area contributed by atoms with Gasteiger partial charge in [-0.3, -0.25) is 5.32 Å². The van der Waals surface area contributed by atoms with Gasteiger partial charge in [0.1, 0.15) is 0 Å². The van der Waals surface area contributed by atoms with E-state index in [0.717, 1.165) is 6.54 Å². The molecule has 1 unspecified atom stereocenters. The summed E-state index contributed by atoms with van der Waals surface area (Å²) in [5, 5.41) is 11.9. The molecule has 1 fully saturated rings. The molecule has 2 nitrogen and oxygen atoms in total. The van der Waals surface area contributed by atoms with Crippen LogP contribution in [0, 0.1) is 17.2 Å². The number of rotatable bonds is 4. The van der Waals surface area contributed by atoms with E-state index in [1.807, 2.05) is 0 Å². The highest BCUT2D eigenvalue weighted by Crippen LogP contribution is 2.29. The van der Waals surface area contributed by atoms with Gasteiger partial charge in [0, 0.05) is 6.54 Å². The highest BCUT2D eigenvalue weighted by Gasteiger charge is 2.26. The highest BCUT2D eigenvalue weighted by atomic mass is 14.9. The van der Waals surface area contributed by atoms with Gasteiger partial charge in [0.2, 0.25) is 0 Å². The van der Waals surface area contributed by atoms with Crippen LogP contribution in [-0.4, -0.2) is 12.6 Å². The highest BCUT2D eigenvalue weighted by molar-refractivity contribution is 4.98. The normalized spacial score (nSPS) is 19.9. The molecule has 1 aliphatic rings. The molecule has 1 saturated carbocycles. The van der Waals surface area contributed by atoms with E-state index in [0.29, 0.717) is 5.92 Å². The van der Waals surface area contributed by atoms with Gasteiger partial charge in [0.15, 0.2) is 0 Å². The van der Waals surface area contributed by atoms with Gasteiger partial charge in [-0.05, 0) is 18.8 Å². The Morgan fingerprint density at radius 3 is 2.82 bits per heavy atom. The maximum absolute atomic E-state index is 8.74. The summed E-state index contributed by atoms with van der Waals surface area (Å²) in [6, 6.07) is 2.34. The van der Waals surface area contributed by atoms with Crippen molar-refractivity contribution in [3.8, 4) is 6.07 Å². The molecule has 1 aliphatic carbocycles. The van der Waals surface area contributed by atoms with Crippen LogP contribution in [0.2, 0.25) is 0 Å². The lowest BCUT2D eigenvalue weighted by molar-refractivity contribution is 0.268. The van der Waals surface area contributed by atoms with Crippen molar-refractivity contribution in [1.29, 1.82) is 5.26 Å². The van der Waals surface area contributed by atoms with E-state index in [1.54, 1.807) is 6.08 Å². The first-order valence-electron chi connectivity index (χ1n) is 4.12. The lowest BCUT2D eigenvalue weighted by atomic mass is 9.80. The summed E-state index contributed by atoms with van der Waals surface area (Å²) in [6.07, 6.45) is 5.51. The molecule has 0 radical (unpaired) electrons. The molecule has 1 rings (SSSR count). The number of hydrogen-bond donors (Lipinski definition) is 1. The Hall–Kier alpha value is -0.810. The van der Waals surface area contributed by atoms with Crippen molar-refractivity contribution in [3.05, 3.63) is 12.7 Å². The average molecular weight is 150 g/mol. The van der Waals surface area contributed by atoms with Crippen molar-refractivity contribution in [2.45, 2.75) is 25.3 Å². The van der Waals surface area contributed by atoms with Crippen molar-refractivity contribution >= 4 is 0 Å². The first kappa shape index (κ1) is 8.29. The van der Waals surface area contributed by atoms with E-state index >= 15 is 0 Å².